The van der Waals surface area contributed by atoms with Crippen LogP contribution in [0.5, 0.6) is 0 Å². The van der Waals surface area contributed by atoms with Crippen LogP contribution in [0.3, 0.4) is 0 Å². The highest BCUT2D eigenvalue weighted by atomic mass is 35.5. The molecule has 1 atom stereocenters. The van der Waals surface area contributed by atoms with Crippen LogP contribution in [0.4, 0.5) is 5.13 Å². The molecule has 3 heterocycles. The molecular formula is C25H23ClN4O3S2. The molecule has 4 aromatic rings. The Labute approximate surface area is 213 Å². The topological polar surface area (TPSA) is 83.5 Å². The lowest BCUT2D eigenvalue weighted by Crippen LogP contribution is -2.47. The maximum absolute atomic E-state index is 14.0. The lowest BCUT2D eigenvalue weighted by Gasteiger charge is -2.28. The summed E-state index contributed by atoms with van der Waals surface area (Å²) in [5.41, 5.74) is 2.70. The van der Waals surface area contributed by atoms with Crippen LogP contribution in [0.2, 0.25) is 5.02 Å². The summed E-state index contributed by atoms with van der Waals surface area (Å²) in [6, 6.07) is 14.8. The van der Waals surface area contributed by atoms with Crippen molar-refractivity contribution < 1.29 is 13.2 Å². The largest absolute Gasteiger partial charge is 0.282 e. The zero-order valence-electron chi connectivity index (χ0n) is 19.0. The van der Waals surface area contributed by atoms with E-state index >= 15 is 0 Å². The van der Waals surface area contributed by atoms with E-state index in [1.54, 1.807) is 29.4 Å². The van der Waals surface area contributed by atoms with Crippen LogP contribution in [0.25, 0.3) is 10.2 Å². The molecule has 2 aromatic carbocycles. The highest BCUT2D eigenvalue weighted by Crippen LogP contribution is 2.34. The van der Waals surface area contributed by atoms with E-state index in [0.29, 0.717) is 23.0 Å². The Morgan fingerprint density at radius 3 is 2.69 bits per heavy atom. The molecule has 7 nitrogen and oxygen atoms in total. The van der Waals surface area contributed by atoms with Crippen molar-refractivity contribution in [1.82, 2.24) is 14.3 Å². The number of fused-ring (bicyclic) bond motifs is 1. The molecule has 10 heteroatoms. The smallest absolute Gasteiger partial charge is 0.247 e. The van der Waals surface area contributed by atoms with Gasteiger partial charge >= 0.3 is 0 Å². The molecule has 0 radical (unpaired) electrons. The number of carbonyl (C=O) groups excluding carboxylic acids is 1. The summed E-state index contributed by atoms with van der Waals surface area (Å²) in [7, 11) is -3.87. The average Bonchev–Trinajstić information content (AvgIpc) is 3.52. The molecule has 2 aromatic heterocycles. The lowest BCUT2D eigenvalue weighted by molar-refractivity contribution is -0.121. The van der Waals surface area contributed by atoms with Gasteiger partial charge in [0.15, 0.2) is 5.13 Å². The fraction of sp³-hybridized carbons (Fsp3) is 0.240. The van der Waals surface area contributed by atoms with Gasteiger partial charge in [-0.05, 0) is 67.3 Å². The number of aryl methyl sites for hydroxylation is 1. The highest BCUT2D eigenvalue weighted by molar-refractivity contribution is 7.89. The minimum absolute atomic E-state index is 0.121. The first-order chi connectivity index (χ1) is 16.8. The fourth-order valence-corrected chi connectivity index (χ4v) is 7.13. The van der Waals surface area contributed by atoms with Crippen LogP contribution in [-0.2, 0) is 21.4 Å². The maximum Gasteiger partial charge on any atom is 0.247 e. The Kier molecular flexibility index (Phi) is 6.59. The molecule has 0 N–H and O–H groups in total. The fourth-order valence-electron chi connectivity index (χ4n) is 4.30. The highest BCUT2D eigenvalue weighted by Gasteiger charge is 2.42. The van der Waals surface area contributed by atoms with Gasteiger partial charge in [-0.25, -0.2) is 13.4 Å². The third-order valence-electron chi connectivity index (χ3n) is 6.08. The zero-order valence-corrected chi connectivity index (χ0v) is 21.4. The predicted octanol–water partition coefficient (Wildman–Crippen LogP) is 5.04. The number of hydrogen-bond donors (Lipinski definition) is 0. The predicted molar refractivity (Wildman–Crippen MR) is 138 cm³/mol. The van der Waals surface area contributed by atoms with E-state index in [1.807, 2.05) is 37.3 Å². The molecule has 0 saturated carbocycles. The van der Waals surface area contributed by atoms with E-state index in [1.165, 1.54) is 27.8 Å². The molecule has 180 valence electrons. The van der Waals surface area contributed by atoms with Crippen molar-refractivity contribution >= 4 is 54.2 Å². The second-order valence-electron chi connectivity index (χ2n) is 8.43. The summed E-state index contributed by atoms with van der Waals surface area (Å²) in [6.45, 7) is 2.51. The number of pyridine rings is 1. The van der Waals surface area contributed by atoms with E-state index in [0.717, 1.165) is 21.3 Å². The first-order valence-electron chi connectivity index (χ1n) is 11.2. The molecule has 0 bridgehead atoms. The van der Waals surface area contributed by atoms with Gasteiger partial charge in [0.25, 0.3) is 0 Å². The Morgan fingerprint density at radius 1 is 1.17 bits per heavy atom. The minimum atomic E-state index is -3.87. The molecule has 1 fully saturated rings. The Bertz CT molecular complexity index is 1470. The molecule has 5 rings (SSSR count). The van der Waals surface area contributed by atoms with Crippen LogP contribution in [0, 0.1) is 6.92 Å². The van der Waals surface area contributed by atoms with E-state index in [-0.39, 0.29) is 23.9 Å². The van der Waals surface area contributed by atoms with Crippen LogP contribution in [0.15, 0.2) is 71.9 Å². The second-order valence-corrected chi connectivity index (χ2v) is 11.8. The number of thiazole rings is 1. The number of benzene rings is 2. The minimum Gasteiger partial charge on any atom is -0.282 e. The number of rotatable bonds is 6. The standard InChI is InChI=1S/C25H23ClN4O3S2/c1-17-5-2-8-22-23(17)28-25(34-22)29(16-18-6-3-13-27-15-18)24(31)21-7-4-14-30(21)35(32,33)20-11-9-19(26)10-12-20/h2-3,5-6,8-13,15,21H,4,7,14,16H2,1H3. The van der Waals surface area contributed by atoms with E-state index in [9.17, 15) is 13.2 Å². The van der Waals surface area contributed by atoms with Crippen molar-refractivity contribution in [2.75, 3.05) is 11.4 Å². The second kappa shape index (κ2) is 9.66. The van der Waals surface area contributed by atoms with Gasteiger partial charge in [-0.2, -0.15) is 4.31 Å². The number of nitrogens with zero attached hydrogens (tertiary/aromatic N) is 4. The molecule has 1 aliphatic heterocycles. The summed E-state index contributed by atoms with van der Waals surface area (Å²) < 4.78 is 29.2. The maximum atomic E-state index is 14.0. The number of sulfonamides is 1. The van der Waals surface area contributed by atoms with Crippen molar-refractivity contribution in [3.63, 3.8) is 0 Å². The van der Waals surface area contributed by atoms with Crippen molar-refractivity contribution in [3.05, 3.63) is 83.1 Å². The van der Waals surface area contributed by atoms with Gasteiger partial charge < -0.3 is 0 Å². The van der Waals surface area contributed by atoms with E-state index < -0.39 is 16.1 Å². The molecule has 1 saturated heterocycles. The molecule has 1 amide bonds. The molecule has 1 aliphatic rings. The zero-order chi connectivity index (χ0) is 24.6. The number of hydrogen-bond acceptors (Lipinski definition) is 6. The van der Waals surface area contributed by atoms with Crippen LogP contribution in [0.1, 0.15) is 24.0 Å². The van der Waals surface area contributed by atoms with Gasteiger partial charge in [0, 0.05) is 24.0 Å². The Morgan fingerprint density at radius 2 is 1.97 bits per heavy atom. The summed E-state index contributed by atoms with van der Waals surface area (Å²) in [5.74, 6) is -0.291. The summed E-state index contributed by atoms with van der Waals surface area (Å²) >= 11 is 7.37. The summed E-state index contributed by atoms with van der Waals surface area (Å²) in [4.78, 5) is 24.7. The van der Waals surface area contributed by atoms with Gasteiger partial charge in [0.05, 0.1) is 21.7 Å². The van der Waals surface area contributed by atoms with E-state index in [2.05, 4.69) is 4.98 Å². The normalized spacial score (nSPS) is 16.6. The molecule has 0 aliphatic carbocycles. The van der Waals surface area contributed by atoms with Crippen molar-refractivity contribution in [2.45, 2.75) is 37.2 Å². The van der Waals surface area contributed by atoms with Crippen LogP contribution >= 0.6 is 22.9 Å². The third kappa shape index (κ3) is 4.69. The molecular weight excluding hydrogens is 504 g/mol. The first-order valence-corrected chi connectivity index (χ1v) is 13.8. The third-order valence-corrected chi connectivity index (χ3v) is 9.30. The number of aromatic nitrogens is 2. The first kappa shape index (κ1) is 23.9. The van der Waals surface area contributed by atoms with E-state index in [4.69, 9.17) is 16.6 Å². The van der Waals surface area contributed by atoms with Gasteiger partial charge in [0.2, 0.25) is 15.9 Å². The molecule has 35 heavy (non-hydrogen) atoms. The SMILES string of the molecule is Cc1cccc2sc(N(Cc3cccnc3)C(=O)C3CCCN3S(=O)(=O)c3ccc(Cl)cc3)nc12. The number of para-hydroxylation sites is 1. The summed E-state index contributed by atoms with van der Waals surface area (Å²) in [5, 5.41) is 0.991. The van der Waals surface area contributed by atoms with Gasteiger partial charge in [0.1, 0.15) is 6.04 Å². The van der Waals surface area contributed by atoms with Gasteiger partial charge in [-0.3, -0.25) is 14.7 Å². The van der Waals surface area contributed by atoms with Crippen molar-refractivity contribution in [3.8, 4) is 0 Å². The lowest BCUT2D eigenvalue weighted by atomic mass is 10.2. The van der Waals surface area contributed by atoms with Gasteiger partial charge in [-0.15, -0.1) is 0 Å². The number of anilines is 1. The molecule has 0 spiro atoms. The molecule has 1 unspecified atom stereocenters. The Hall–Kier alpha value is -2.85. The van der Waals surface area contributed by atoms with Gasteiger partial charge in [-0.1, -0.05) is 41.1 Å². The van der Waals surface area contributed by atoms with Crippen molar-refractivity contribution in [2.24, 2.45) is 0 Å². The number of halogens is 1. The van der Waals surface area contributed by atoms with Crippen molar-refractivity contribution in [1.29, 1.82) is 0 Å². The van der Waals surface area contributed by atoms with Crippen LogP contribution in [-0.4, -0.2) is 41.2 Å². The quantitative estimate of drug-likeness (QED) is 0.351. The Balaban J connectivity index is 1.53. The number of carbonyl (C=O) groups is 1. The summed E-state index contributed by atoms with van der Waals surface area (Å²) in [6.07, 6.45) is 4.42. The monoisotopic (exact) mass is 526 g/mol. The average molecular weight is 527 g/mol. The number of amides is 1. The van der Waals surface area contributed by atoms with Crippen LogP contribution < -0.4 is 4.90 Å².